The van der Waals surface area contributed by atoms with E-state index in [1.807, 2.05) is 0 Å². The van der Waals surface area contributed by atoms with Crippen LogP contribution in [0.2, 0.25) is 0 Å². The van der Waals surface area contributed by atoms with Gasteiger partial charge in [-0.15, -0.1) is 0 Å². The predicted octanol–water partition coefficient (Wildman–Crippen LogP) is 0.942. The van der Waals surface area contributed by atoms with Crippen LogP contribution in [0.15, 0.2) is 12.1 Å². The average molecular weight is 199 g/mol. The van der Waals surface area contributed by atoms with Crippen LogP contribution in [-0.4, -0.2) is 20.1 Å². The van der Waals surface area contributed by atoms with E-state index >= 15 is 0 Å². The monoisotopic (exact) mass is 199 g/mol. The zero-order chi connectivity index (χ0) is 10.7. The minimum Gasteiger partial charge on any atom is -0.493 e. The third-order valence-electron chi connectivity index (χ3n) is 1.74. The smallest absolute Gasteiger partial charge is 0.251 e. The first kappa shape index (κ1) is 10.3. The molecule has 1 aromatic rings. The fourth-order valence-electron chi connectivity index (χ4n) is 1.04. The lowest BCUT2D eigenvalue weighted by Crippen LogP contribution is -2.13. The van der Waals surface area contributed by atoms with Gasteiger partial charge in [0, 0.05) is 6.07 Å². The molecule has 0 aliphatic heterocycles. The molecule has 2 N–H and O–H groups in total. The van der Waals surface area contributed by atoms with Crippen LogP contribution in [-0.2, 0) is 0 Å². The Bertz CT molecular complexity index is 365. The SMILES string of the molecule is COc1cc(F)c(C(N)=O)cc1OC. The average Bonchev–Trinajstić information content (AvgIpc) is 2.16. The Hall–Kier alpha value is -1.78. The largest absolute Gasteiger partial charge is 0.493 e. The van der Waals surface area contributed by atoms with Crippen molar-refractivity contribution in [3.8, 4) is 11.5 Å². The molecule has 0 heterocycles. The summed E-state index contributed by atoms with van der Waals surface area (Å²) in [6, 6.07) is 2.26. The highest BCUT2D eigenvalue weighted by Crippen LogP contribution is 2.29. The maximum atomic E-state index is 13.2. The molecular formula is C9H10FNO3. The number of primary amides is 1. The van der Waals surface area contributed by atoms with E-state index in [-0.39, 0.29) is 17.1 Å². The summed E-state index contributed by atoms with van der Waals surface area (Å²) in [5.41, 5.74) is 4.73. The summed E-state index contributed by atoms with van der Waals surface area (Å²) in [4.78, 5) is 10.8. The lowest BCUT2D eigenvalue weighted by atomic mass is 10.2. The number of carbonyl (C=O) groups excluding carboxylic acids is 1. The second kappa shape index (κ2) is 3.95. The van der Waals surface area contributed by atoms with Crippen molar-refractivity contribution >= 4 is 5.91 Å². The maximum Gasteiger partial charge on any atom is 0.251 e. The molecule has 0 radical (unpaired) electrons. The van der Waals surface area contributed by atoms with Crippen molar-refractivity contribution in [3.05, 3.63) is 23.5 Å². The second-order valence-corrected chi connectivity index (χ2v) is 2.55. The Morgan fingerprint density at radius 1 is 1.29 bits per heavy atom. The van der Waals surface area contributed by atoms with Gasteiger partial charge in [-0.25, -0.2) is 4.39 Å². The van der Waals surface area contributed by atoms with E-state index in [1.165, 1.54) is 20.3 Å². The van der Waals surface area contributed by atoms with E-state index < -0.39 is 11.7 Å². The zero-order valence-corrected chi connectivity index (χ0v) is 7.83. The molecule has 1 rings (SSSR count). The summed E-state index contributed by atoms with van der Waals surface area (Å²) in [6.07, 6.45) is 0. The van der Waals surface area contributed by atoms with Crippen LogP contribution in [0.3, 0.4) is 0 Å². The van der Waals surface area contributed by atoms with Gasteiger partial charge in [-0.2, -0.15) is 0 Å². The Labute approximate surface area is 80.4 Å². The molecule has 0 saturated carbocycles. The van der Waals surface area contributed by atoms with Gasteiger partial charge in [-0.3, -0.25) is 4.79 Å². The minimum atomic E-state index is -0.844. The van der Waals surface area contributed by atoms with Crippen molar-refractivity contribution in [3.63, 3.8) is 0 Å². The van der Waals surface area contributed by atoms with Crippen LogP contribution in [0.25, 0.3) is 0 Å². The van der Waals surface area contributed by atoms with Gasteiger partial charge < -0.3 is 15.2 Å². The van der Waals surface area contributed by atoms with Crippen LogP contribution < -0.4 is 15.2 Å². The van der Waals surface area contributed by atoms with Crippen LogP contribution in [0, 0.1) is 5.82 Å². The number of benzene rings is 1. The summed E-state index contributed by atoms with van der Waals surface area (Å²) in [5, 5.41) is 0. The van der Waals surface area contributed by atoms with E-state index in [9.17, 15) is 9.18 Å². The standard InChI is InChI=1S/C9H10FNO3/c1-13-7-3-5(9(11)12)6(10)4-8(7)14-2/h3-4H,1-2H3,(H2,11,12). The van der Waals surface area contributed by atoms with Gasteiger partial charge in [0.05, 0.1) is 19.8 Å². The number of amides is 1. The number of nitrogens with two attached hydrogens (primary N) is 1. The second-order valence-electron chi connectivity index (χ2n) is 2.55. The molecule has 0 spiro atoms. The fraction of sp³-hybridized carbons (Fsp3) is 0.222. The van der Waals surface area contributed by atoms with Crippen molar-refractivity contribution in [2.75, 3.05) is 14.2 Å². The number of hydrogen-bond acceptors (Lipinski definition) is 3. The van der Waals surface area contributed by atoms with Gasteiger partial charge in [-0.05, 0) is 6.07 Å². The normalized spacial score (nSPS) is 9.64. The van der Waals surface area contributed by atoms with Gasteiger partial charge in [0.1, 0.15) is 5.82 Å². The van der Waals surface area contributed by atoms with E-state index in [1.54, 1.807) is 0 Å². The number of rotatable bonds is 3. The topological polar surface area (TPSA) is 61.5 Å². The number of halogens is 1. The van der Waals surface area contributed by atoms with Gasteiger partial charge in [-0.1, -0.05) is 0 Å². The van der Waals surface area contributed by atoms with Crippen LogP contribution >= 0.6 is 0 Å². The summed E-state index contributed by atoms with van der Waals surface area (Å²) < 4.78 is 22.9. The molecule has 5 heteroatoms. The fourth-order valence-corrected chi connectivity index (χ4v) is 1.04. The maximum absolute atomic E-state index is 13.2. The third kappa shape index (κ3) is 1.76. The molecule has 0 fully saturated rings. The molecule has 76 valence electrons. The summed E-state index contributed by atoms with van der Waals surface area (Å²) >= 11 is 0. The van der Waals surface area contributed by atoms with Crippen LogP contribution in [0.5, 0.6) is 11.5 Å². The van der Waals surface area contributed by atoms with Crippen molar-refractivity contribution < 1.29 is 18.7 Å². The van der Waals surface area contributed by atoms with Gasteiger partial charge in [0.2, 0.25) is 0 Å². The molecule has 0 unspecified atom stereocenters. The number of hydrogen-bond donors (Lipinski definition) is 1. The minimum absolute atomic E-state index is 0.218. The van der Waals surface area contributed by atoms with Crippen molar-refractivity contribution in [2.24, 2.45) is 5.73 Å². The van der Waals surface area contributed by atoms with E-state index in [4.69, 9.17) is 15.2 Å². The first-order valence-corrected chi connectivity index (χ1v) is 3.81. The zero-order valence-electron chi connectivity index (χ0n) is 7.83. The molecule has 0 atom stereocenters. The Morgan fingerprint density at radius 2 is 1.79 bits per heavy atom. The number of ether oxygens (including phenoxy) is 2. The molecule has 0 bridgehead atoms. The number of carbonyl (C=O) groups is 1. The molecular weight excluding hydrogens is 189 g/mol. The van der Waals surface area contributed by atoms with Crippen molar-refractivity contribution in [1.82, 2.24) is 0 Å². The highest BCUT2D eigenvalue weighted by Gasteiger charge is 2.14. The molecule has 14 heavy (non-hydrogen) atoms. The Morgan fingerprint density at radius 3 is 2.21 bits per heavy atom. The lowest BCUT2D eigenvalue weighted by Gasteiger charge is -2.08. The lowest BCUT2D eigenvalue weighted by molar-refractivity contribution is 0.0996. The summed E-state index contributed by atoms with van der Waals surface area (Å²) in [6.45, 7) is 0. The first-order valence-electron chi connectivity index (χ1n) is 3.81. The highest BCUT2D eigenvalue weighted by molar-refractivity contribution is 5.93. The third-order valence-corrected chi connectivity index (χ3v) is 1.74. The van der Waals surface area contributed by atoms with Crippen LogP contribution in [0.4, 0.5) is 4.39 Å². The molecule has 4 nitrogen and oxygen atoms in total. The molecule has 0 aromatic heterocycles. The van der Waals surface area contributed by atoms with E-state index in [2.05, 4.69) is 0 Å². The summed E-state index contributed by atoms with van der Waals surface area (Å²) in [7, 11) is 2.77. The Kier molecular flexibility index (Phi) is 2.91. The number of methoxy groups -OCH3 is 2. The molecule has 1 aromatic carbocycles. The van der Waals surface area contributed by atoms with Gasteiger partial charge in [0.15, 0.2) is 11.5 Å². The van der Waals surface area contributed by atoms with Crippen molar-refractivity contribution in [1.29, 1.82) is 0 Å². The highest BCUT2D eigenvalue weighted by atomic mass is 19.1. The molecule has 1 amide bonds. The summed E-state index contributed by atoms with van der Waals surface area (Å²) in [5.74, 6) is -1.09. The van der Waals surface area contributed by atoms with E-state index in [0.717, 1.165) is 6.07 Å². The van der Waals surface area contributed by atoms with Gasteiger partial charge >= 0.3 is 0 Å². The Balaban J connectivity index is 3.30. The van der Waals surface area contributed by atoms with Gasteiger partial charge in [0.25, 0.3) is 5.91 Å². The quantitative estimate of drug-likeness (QED) is 0.788. The van der Waals surface area contributed by atoms with Crippen molar-refractivity contribution in [2.45, 2.75) is 0 Å². The molecule has 0 aliphatic carbocycles. The molecule has 0 saturated heterocycles. The van der Waals surface area contributed by atoms with E-state index in [0.29, 0.717) is 0 Å². The van der Waals surface area contributed by atoms with Crippen LogP contribution in [0.1, 0.15) is 10.4 Å². The molecule has 0 aliphatic rings. The first-order chi connectivity index (χ1) is 6.60. The predicted molar refractivity (Wildman–Crippen MR) is 48.0 cm³/mol.